The zero-order valence-corrected chi connectivity index (χ0v) is 8.23. The first kappa shape index (κ1) is 11.1. The maximum atomic E-state index is 10.7. The number of benzene rings is 1. The monoisotopic (exact) mass is 203 g/mol. The Kier molecular flexibility index (Phi) is 3.72. The van der Waals surface area contributed by atoms with Gasteiger partial charge in [0.15, 0.2) is 0 Å². The molecule has 0 saturated carbocycles. The van der Waals surface area contributed by atoms with Crippen LogP contribution in [0.1, 0.15) is 5.56 Å². The molecule has 1 rings (SSSR count). The summed E-state index contributed by atoms with van der Waals surface area (Å²) >= 11 is 0. The number of nitrogens with two attached hydrogens (primary N) is 2. The van der Waals surface area contributed by atoms with Gasteiger partial charge in [0.25, 0.3) is 0 Å². The summed E-state index contributed by atoms with van der Waals surface area (Å²) in [6.45, 7) is 0.295. The van der Waals surface area contributed by atoms with E-state index in [0.29, 0.717) is 6.54 Å². The molecule has 0 bridgehead atoms. The van der Waals surface area contributed by atoms with Gasteiger partial charge in [-0.15, -0.1) is 6.42 Å². The van der Waals surface area contributed by atoms with Gasteiger partial charge in [-0.1, -0.05) is 12.0 Å². The van der Waals surface area contributed by atoms with Crippen LogP contribution >= 0.6 is 0 Å². The lowest BCUT2D eigenvalue weighted by molar-refractivity contribution is -0.118. The minimum Gasteiger partial charge on any atom is -0.383 e. The molecule has 0 aromatic heterocycles. The summed E-state index contributed by atoms with van der Waals surface area (Å²) in [5.41, 5.74) is 12.1. The maximum Gasteiger partial charge on any atom is 0.236 e. The molecule has 0 aliphatic carbocycles. The molecule has 0 saturated heterocycles. The molecule has 1 aromatic rings. The highest BCUT2D eigenvalue weighted by Crippen LogP contribution is 2.09. The molecule has 0 radical (unpaired) electrons. The molecule has 0 heterocycles. The van der Waals surface area contributed by atoms with Crippen molar-refractivity contribution >= 4 is 11.6 Å². The van der Waals surface area contributed by atoms with Crippen molar-refractivity contribution in [3.05, 3.63) is 29.8 Å². The third-order valence-electron chi connectivity index (χ3n) is 1.92. The number of terminal acetylenes is 1. The molecule has 15 heavy (non-hydrogen) atoms. The lowest BCUT2D eigenvalue weighted by atomic mass is 10.2. The first-order valence-electron chi connectivity index (χ1n) is 4.49. The van der Waals surface area contributed by atoms with Gasteiger partial charge >= 0.3 is 0 Å². The smallest absolute Gasteiger partial charge is 0.236 e. The Balaban J connectivity index is 2.58. The SMILES string of the molecule is C#Cc1cccc(NCC(N)C(N)=O)c1. The first-order valence-corrected chi connectivity index (χ1v) is 4.49. The molecular weight excluding hydrogens is 190 g/mol. The molecule has 5 N–H and O–H groups in total. The fourth-order valence-electron chi connectivity index (χ4n) is 1.05. The Morgan fingerprint density at radius 2 is 2.33 bits per heavy atom. The van der Waals surface area contributed by atoms with E-state index in [9.17, 15) is 4.79 Å². The van der Waals surface area contributed by atoms with E-state index >= 15 is 0 Å². The quantitative estimate of drug-likeness (QED) is 0.597. The van der Waals surface area contributed by atoms with Gasteiger partial charge in [0.1, 0.15) is 6.04 Å². The van der Waals surface area contributed by atoms with E-state index in [4.69, 9.17) is 17.9 Å². The number of amides is 1. The Morgan fingerprint density at radius 1 is 1.60 bits per heavy atom. The molecule has 4 heteroatoms. The van der Waals surface area contributed by atoms with Gasteiger partial charge in [-0.05, 0) is 18.2 Å². The average molecular weight is 203 g/mol. The Bertz CT molecular complexity index is 395. The van der Waals surface area contributed by atoms with Gasteiger partial charge in [0.05, 0.1) is 0 Å². The molecule has 1 aromatic carbocycles. The number of nitrogens with one attached hydrogen (secondary N) is 1. The minimum atomic E-state index is -0.695. The van der Waals surface area contributed by atoms with E-state index in [1.54, 1.807) is 6.07 Å². The van der Waals surface area contributed by atoms with Crippen molar-refractivity contribution in [2.24, 2.45) is 11.5 Å². The average Bonchev–Trinajstić information content (AvgIpc) is 2.26. The van der Waals surface area contributed by atoms with Crippen LogP contribution in [0.4, 0.5) is 5.69 Å². The number of hydrogen-bond acceptors (Lipinski definition) is 3. The van der Waals surface area contributed by atoms with E-state index in [1.165, 1.54) is 0 Å². The summed E-state index contributed by atoms with van der Waals surface area (Å²) in [6, 6.07) is 6.59. The van der Waals surface area contributed by atoms with Gasteiger partial charge in [-0.2, -0.15) is 0 Å². The Hall–Kier alpha value is -1.99. The number of carbonyl (C=O) groups excluding carboxylic acids is 1. The zero-order chi connectivity index (χ0) is 11.3. The van der Waals surface area contributed by atoms with Crippen LogP contribution in [0, 0.1) is 12.3 Å². The number of carbonyl (C=O) groups is 1. The van der Waals surface area contributed by atoms with Crippen molar-refractivity contribution in [1.29, 1.82) is 0 Å². The number of primary amides is 1. The van der Waals surface area contributed by atoms with Crippen LogP contribution in [-0.2, 0) is 4.79 Å². The molecule has 0 aliphatic heterocycles. The minimum absolute atomic E-state index is 0.295. The van der Waals surface area contributed by atoms with Gasteiger partial charge in [-0.25, -0.2) is 0 Å². The number of anilines is 1. The largest absolute Gasteiger partial charge is 0.383 e. The van der Waals surface area contributed by atoms with Crippen LogP contribution < -0.4 is 16.8 Å². The van der Waals surface area contributed by atoms with Crippen LogP contribution in [0.2, 0.25) is 0 Å². The highest BCUT2D eigenvalue weighted by atomic mass is 16.1. The molecule has 4 nitrogen and oxygen atoms in total. The highest BCUT2D eigenvalue weighted by Gasteiger charge is 2.07. The van der Waals surface area contributed by atoms with E-state index in [2.05, 4.69) is 11.2 Å². The Morgan fingerprint density at radius 3 is 2.93 bits per heavy atom. The molecular formula is C11H13N3O. The van der Waals surface area contributed by atoms with E-state index in [1.807, 2.05) is 18.2 Å². The summed E-state index contributed by atoms with van der Waals surface area (Å²) in [6.07, 6.45) is 5.25. The molecule has 78 valence electrons. The van der Waals surface area contributed by atoms with Crippen LogP contribution in [0.5, 0.6) is 0 Å². The summed E-state index contributed by atoms with van der Waals surface area (Å²) in [4.78, 5) is 10.7. The second-order valence-electron chi connectivity index (χ2n) is 3.11. The third kappa shape index (κ3) is 3.33. The fraction of sp³-hybridized carbons (Fsp3) is 0.182. The van der Waals surface area contributed by atoms with Crippen molar-refractivity contribution in [2.45, 2.75) is 6.04 Å². The van der Waals surface area contributed by atoms with Crippen LogP contribution in [-0.4, -0.2) is 18.5 Å². The van der Waals surface area contributed by atoms with E-state index in [0.717, 1.165) is 11.3 Å². The topological polar surface area (TPSA) is 81.1 Å². The first-order chi connectivity index (χ1) is 7.13. The number of hydrogen-bond donors (Lipinski definition) is 3. The molecule has 1 atom stereocenters. The van der Waals surface area contributed by atoms with Gasteiger partial charge in [-0.3, -0.25) is 4.79 Å². The van der Waals surface area contributed by atoms with Crippen LogP contribution in [0.3, 0.4) is 0 Å². The van der Waals surface area contributed by atoms with Crippen molar-refractivity contribution in [2.75, 3.05) is 11.9 Å². The van der Waals surface area contributed by atoms with Crippen molar-refractivity contribution in [3.8, 4) is 12.3 Å². The molecule has 1 amide bonds. The highest BCUT2D eigenvalue weighted by molar-refractivity contribution is 5.80. The summed E-state index contributed by atoms with van der Waals surface area (Å²) in [7, 11) is 0. The molecule has 0 fully saturated rings. The standard InChI is InChI=1S/C11H13N3O/c1-2-8-4-3-5-9(6-8)14-7-10(12)11(13)15/h1,3-6,10,14H,7,12H2,(H2,13,15). The van der Waals surface area contributed by atoms with Crippen molar-refractivity contribution < 1.29 is 4.79 Å². The van der Waals surface area contributed by atoms with Crippen molar-refractivity contribution in [1.82, 2.24) is 0 Å². The number of rotatable bonds is 4. The molecule has 0 aliphatic rings. The normalized spacial score (nSPS) is 11.5. The predicted molar refractivity (Wildman–Crippen MR) is 60.0 cm³/mol. The summed E-state index contributed by atoms with van der Waals surface area (Å²) in [5, 5.41) is 2.98. The molecule has 0 spiro atoms. The molecule has 1 unspecified atom stereocenters. The van der Waals surface area contributed by atoms with E-state index < -0.39 is 11.9 Å². The second kappa shape index (κ2) is 5.03. The van der Waals surface area contributed by atoms with Gasteiger partial charge < -0.3 is 16.8 Å². The van der Waals surface area contributed by atoms with Gasteiger partial charge in [0, 0.05) is 17.8 Å². The summed E-state index contributed by atoms with van der Waals surface area (Å²) in [5.74, 6) is 1.98. The van der Waals surface area contributed by atoms with E-state index in [-0.39, 0.29) is 0 Å². The zero-order valence-electron chi connectivity index (χ0n) is 8.23. The van der Waals surface area contributed by atoms with Gasteiger partial charge in [0.2, 0.25) is 5.91 Å². The van der Waals surface area contributed by atoms with Crippen LogP contribution in [0.15, 0.2) is 24.3 Å². The Labute approximate surface area is 88.6 Å². The van der Waals surface area contributed by atoms with Crippen LogP contribution in [0.25, 0.3) is 0 Å². The predicted octanol–water partition coefficient (Wildman–Crippen LogP) is -0.108. The lowest BCUT2D eigenvalue weighted by Crippen LogP contribution is -2.41. The third-order valence-corrected chi connectivity index (χ3v) is 1.92. The lowest BCUT2D eigenvalue weighted by Gasteiger charge is -2.10. The maximum absolute atomic E-state index is 10.7. The van der Waals surface area contributed by atoms with Crippen molar-refractivity contribution in [3.63, 3.8) is 0 Å². The second-order valence-corrected chi connectivity index (χ2v) is 3.11. The fourth-order valence-corrected chi connectivity index (χ4v) is 1.05. The summed E-state index contributed by atoms with van der Waals surface area (Å²) < 4.78 is 0.